The Bertz CT molecular complexity index is 528. The largest absolute Gasteiger partial charge is 0.323 e. The first kappa shape index (κ1) is 13.4. The number of hydrogen-bond donors (Lipinski definition) is 3. The summed E-state index contributed by atoms with van der Waals surface area (Å²) in [6.45, 7) is 1.78. The predicted molar refractivity (Wildman–Crippen MR) is 61.8 cm³/mol. The Hall–Kier alpha value is -1.71. The lowest BCUT2D eigenvalue weighted by molar-refractivity contribution is -0.385. The molecule has 0 radical (unpaired) electrons. The number of non-ortho nitro benzene ring substituents is 1. The van der Waals surface area contributed by atoms with Gasteiger partial charge in [-0.25, -0.2) is 13.1 Å². The number of nitro groups is 1. The molecule has 0 spiro atoms. The number of nitrogen functional groups attached to an aromatic ring is 1. The van der Waals surface area contributed by atoms with Gasteiger partial charge in [0, 0.05) is 18.7 Å². The van der Waals surface area contributed by atoms with Crippen LogP contribution in [-0.4, -0.2) is 19.9 Å². The van der Waals surface area contributed by atoms with Crippen LogP contribution in [-0.2, 0) is 10.0 Å². The summed E-state index contributed by atoms with van der Waals surface area (Å²) in [6.07, 6.45) is 0. The second kappa shape index (κ2) is 5.08. The van der Waals surface area contributed by atoms with Gasteiger partial charge in [0.25, 0.3) is 5.69 Å². The van der Waals surface area contributed by atoms with Crippen molar-refractivity contribution in [3.63, 3.8) is 0 Å². The van der Waals surface area contributed by atoms with Crippen molar-refractivity contribution in [1.29, 1.82) is 0 Å². The highest BCUT2D eigenvalue weighted by Crippen LogP contribution is 2.25. The van der Waals surface area contributed by atoms with Crippen LogP contribution in [0.3, 0.4) is 0 Å². The van der Waals surface area contributed by atoms with Crippen molar-refractivity contribution in [3.8, 4) is 0 Å². The number of sulfonamides is 1. The Morgan fingerprint density at radius 3 is 2.59 bits per heavy atom. The molecule has 0 atom stereocenters. The Kier molecular flexibility index (Phi) is 3.99. The van der Waals surface area contributed by atoms with Crippen molar-refractivity contribution >= 4 is 21.4 Å². The number of hydrogen-bond acceptors (Lipinski definition) is 6. The average molecular weight is 260 g/mol. The van der Waals surface area contributed by atoms with Gasteiger partial charge in [0.1, 0.15) is 4.90 Å². The molecule has 0 aliphatic rings. The highest BCUT2D eigenvalue weighted by atomic mass is 32.2. The van der Waals surface area contributed by atoms with Crippen molar-refractivity contribution in [3.05, 3.63) is 28.3 Å². The maximum atomic E-state index is 11.8. The lowest BCUT2D eigenvalue weighted by atomic mass is 10.3. The van der Waals surface area contributed by atoms with Gasteiger partial charge in [0.05, 0.1) is 10.6 Å². The van der Waals surface area contributed by atoms with Crippen molar-refractivity contribution in [2.75, 3.05) is 12.0 Å². The molecule has 1 rings (SSSR count). The first-order valence-corrected chi connectivity index (χ1v) is 6.15. The number of rotatable bonds is 5. The molecule has 0 bridgehead atoms. The fraction of sp³-hybridized carbons (Fsp3) is 0.250. The lowest BCUT2D eigenvalue weighted by Gasteiger charge is -2.09. The number of nitrogens with zero attached hydrogens (tertiary/aromatic N) is 1. The van der Waals surface area contributed by atoms with E-state index in [0.717, 1.165) is 6.07 Å². The van der Waals surface area contributed by atoms with Gasteiger partial charge in [-0.3, -0.25) is 16.0 Å². The number of nitro benzene ring substituents is 1. The van der Waals surface area contributed by atoms with E-state index in [0.29, 0.717) is 0 Å². The van der Waals surface area contributed by atoms with Crippen LogP contribution in [0.15, 0.2) is 23.1 Å². The molecular formula is C8H12N4O4S. The van der Waals surface area contributed by atoms with Gasteiger partial charge < -0.3 is 5.43 Å². The zero-order valence-electron chi connectivity index (χ0n) is 9.00. The van der Waals surface area contributed by atoms with Crippen LogP contribution >= 0.6 is 0 Å². The van der Waals surface area contributed by atoms with E-state index in [1.165, 1.54) is 12.1 Å². The quantitative estimate of drug-likeness (QED) is 0.393. The number of nitrogens with two attached hydrogens (primary N) is 1. The number of anilines is 1. The van der Waals surface area contributed by atoms with Crippen LogP contribution in [0.25, 0.3) is 0 Å². The molecule has 0 aromatic heterocycles. The summed E-state index contributed by atoms with van der Waals surface area (Å²) >= 11 is 0. The normalized spacial score (nSPS) is 11.2. The van der Waals surface area contributed by atoms with Crippen molar-refractivity contribution < 1.29 is 13.3 Å². The minimum absolute atomic E-state index is 0.0940. The van der Waals surface area contributed by atoms with E-state index in [1.807, 2.05) is 0 Å². The predicted octanol–water partition coefficient (Wildman–Crippen LogP) is 0.179. The Morgan fingerprint density at radius 2 is 2.12 bits per heavy atom. The van der Waals surface area contributed by atoms with Gasteiger partial charge in [-0.1, -0.05) is 6.92 Å². The SMILES string of the molecule is CCNS(=O)(=O)c1cc([N+](=O)[O-])ccc1NN. The molecule has 0 fully saturated rings. The fourth-order valence-corrected chi connectivity index (χ4v) is 2.46. The summed E-state index contributed by atoms with van der Waals surface area (Å²) < 4.78 is 25.7. The Morgan fingerprint density at radius 1 is 1.47 bits per heavy atom. The molecule has 0 saturated heterocycles. The summed E-state index contributed by atoms with van der Waals surface area (Å²) in [5.74, 6) is 5.16. The number of hydrazine groups is 1. The Balaban J connectivity index is 3.38. The summed E-state index contributed by atoms with van der Waals surface area (Å²) in [4.78, 5) is 9.65. The third-order valence-corrected chi connectivity index (χ3v) is 3.54. The molecule has 0 heterocycles. The molecule has 9 heteroatoms. The number of benzene rings is 1. The topological polar surface area (TPSA) is 127 Å². The molecule has 8 nitrogen and oxygen atoms in total. The van der Waals surface area contributed by atoms with E-state index in [9.17, 15) is 18.5 Å². The fourth-order valence-electron chi connectivity index (χ4n) is 1.23. The van der Waals surface area contributed by atoms with E-state index in [4.69, 9.17) is 5.84 Å². The Labute approximate surface area is 98.0 Å². The van der Waals surface area contributed by atoms with Crippen LogP contribution in [0, 0.1) is 10.1 Å². The van der Waals surface area contributed by atoms with Gasteiger partial charge in [-0.15, -0.1) is 0 Å². The van der Waals surface area contributed by atoms with Gasteiger partial charge in [0.15, 0.2) is 0 Å². The molecule has 0 unspecified atom stereocenters. The van der Waals surface area contributed by atoms with Gasteiger partial charge in [-0.05, 0) is 6.07 Å². The van der Waals surface area contributed by atoms with Crippen molar-refractivity contribution in [2.45, 2.75) is 11.8 Å². The molecule has 1 aromatic carbocycles. The molecule has 0 aliphatic carbocycles. The molecule has 0 aliphatic heterocycles. The van der Waals surface area contributed by atoms with Crippen molar-refractivity contribution in [2.24, 2.45) is 5.84 Å². The monoisotopic (exact) mass is 260 g/mol. The highest BCUT2D eigenvalue weighted by molar-refractivity contribution is 7.89. The van der Waals surface area contributed by atoms with Crippen LogP contribution < -0.4 is 16.0 Å². The highest BCUT2D eigenvalue weighted by Gasteiger charge is 2.21. The zero-order chi connectivity index (χ0) is 13.1. The van der Waals surface area contributed by atoms with Gasteiger partial charge >= 0.3 is 0 Å². The maximum absolute atomic E-state index is 11.8. The molecular weight excluding hydrogens is 248 g/mol. The van der Waals surface area contributed by atoms with E-state index in [1.54, 1.807) is 6.92 Å². The zero-order valence-corrected chi connectivity index (χ0v) is 9.82. The third-order valence-electron chi connectivity index (χ3n) is 1.96. The second-order valence-corrected chi connectivity index (χ2v) is 4.82. The molecule has 17 heavy (non-hydrogen) atoms. The van der Waals surface area contributed by atoms with Crippen LogP contribution in [0.1, 0.15) is 6.92 Å². The van der Waals surface area contributed by atoms with Gasteiger partial charge in [0.2, 0.25) is 10.0 Å². The summed E-state index contributed by atoms with van der Waals surface area (Å²) in [5, 5.41) is 10.6. The lowest BCUT2D eigenvalue weighted by Crippen LogP contribution is -2.25. The molecule has 94 valence electrons. The van der Waals surface area contributed by atoms with E-state index in [2.05, 4.69) is 10.1 Å². The minimum Gasteiger partial charge on any atom is -0.323 e. The van der Waals surface area contributed by atoms with Crippen molar-refractivity contribution in [1.82, 2.24) is 4.72 Å². The standard InChI is InChI=1S/C8H12N4O4S/c1-2-10-17(15,16)8-5-6(12(13)14)3-4-7(8)11-9/h3-5,10-11H,2,9H2,1H3. The average Bonchev–Trinajstić information content (AvgIpc) is 2.28. The molecule has 4 N–H and O–H groups in total. The smallest absolute Gasteiger partial charge is 0.270 e. The summed E-state index contributed by atoms with van der Waals surface area (Å²) in [6, 6.07) is 3.36. The molecule has 1 aromatic rings. The number of nitrogens with one attached hydrogen (secondary N) is 2. The van der Waals surface area contributed by atoms with E-state index >= 15 is 0 Å². The van der Waals surface area contributed by atoms with Crippen LogP contribution in [0.2, 0.25) is 0 Å². The van der Waals surface area contributed by atoms with Crippen LogP contribution in [0.5, 0.6) is 0 Å². The van der Waals surface area contributed by atoms with Crippen LogP contribution in [0.4, 0.5) is 11.4 Å². The van der Waals surface area contributed by atoms with E-state index < -0.39 is 14.9 Å². The first-order chi connectivity index (χ1) is 7.92. The minimum atomic E-state index is -3.81. The second-order valence-electron chi connectivity index (χ2n) is 3.08. The molecule has 0 amide bonds. The maximum Gasteiger partial charge on any atom is 0.270 e. The summed E-state index contributed by atoms with van der Waals surface area (Å²) in [7, 11) is -3.81. The van der Waals surface area contributed by atoms with Gasteiger partial charge in [-0.2, -0.15) is 0 Å². The molecule has 0 saturated carbocycles. The first-order valence-electron chi connectivity index (χ1n) is 4.67. The third kappa shape index (κ3) is 2.90. The van der Waals surface area contributed by atoms with E-state index in [-0.39, 0.29) is 22.8 Å². The summed E-state index contributed by atoms with van der Waals surface area (Å²) in [5.41, 5.74) is 1.96.